The Bertz CT molecular complexity index is 625. The van der Waals surface area contributed by atoms with E-state index in [1.807, 2.05) is 43.3 Å². The van der Waals surface area contributed by atoms with E-state index in [0.29, 0.717) is 17.7 Å². The molecule has 0 aliphatic carbocycles. The first-order chi connectivity index (χ1) is 10.7. The summed E-state index contributed by atoms with van der Waals surface area (Å²) in [4.78, 5) is 12.4. The fourth-order valence-electron chi connectivity index (χ4n) is 2.34. The Labute approximate surface area is 130 Å². The molecule has 1 unspecified atom stereocenters. The van der Waals surface area contributed by atoms with Crippen LogP contribution in [0.3, 0.4) is 0 Å². The average Bonchev–Trinajstić information content (AvgIpc) is 2.55. The van der Waals surface area contributed by atoms with Crippen LogP contribution < -0.4 is 10.1 Å². The monoisotopic (exact) mass is 299 g/mol. The normalized spacial score (nSPS) is 11.8. The second-order valence-electron chi connectivity index (χ2n) is 5.13. The topological polar surface area (TPSA) is 58.6 Å². The predicted molar refractivity (Wildman–Crippen MR) is 86.1 cm³/mol. The number of aliphatic hydroxyl groups is 1. The zero-order valence-corrected chi connectivity index (χ0v) is 12.9. The maximum atomic E-state index is 12.4. The Morgan fingerprint density at radius 1 is 1.23 bits per heavy atom. The van der Waals surface area contributed by atoms with Gasteiger partial charge in [-0.2, -0.15) is 0 Å². The fourth-order valence-corrected chi connectivity index (χ4v) is 2.34. The number of carbonyl (C=O) groups is 1. The van der Waals surface area contributed by atoms with E-state index in [0.717, 1.165) is 11.1 Å². The Morgan fingerprint density at radius 3 is 2.59 bits per heavy atom. The molecule has 0 fully saturated rings. The second-order valence-corrected chi connectivity index (χ2v) is 5.13. The summed E-state index contributed by atoms with van der Waals surface area (Å²) in [7, 11) is 1.59. The highest BCUT2D eigenvalue weighted by Gasteiger charge is 2.16. The average molecular weight is 299 g/mol. The molecule has 4 nitrogen and oxygen atoms in total. The van der Waals surface area contributed by atoms with Crippen molar-refractivity contribution in [3.05, 3.63) is 65.2 Å². The number of hydrogen-bond donors (Lipinski definition) is 2. The maximum absolute atomic E-state index is 12.4. The van der Waals surface area contributed by atoms with Gasteiger partial charge in [-0.3, -0.25) is 4.79 Å². The molecule has 0 aromatic heterocycles. The highest BCUT2D eigenvalue weighted by molar-refractivity contribution is 5.95. The van der Waals surface area contributed by atoms with E-state index < -0.39 is 0 Å². The SMILES string of the molecule is COc1cc(C(=O)NC(CCO)c2ccccc2)ccc1C. The molecule has 0 bridgehead atoms. The minimum absolute atomic E-state index is 0.0110. The molecule has 0 heterocycles. The Balaban J connectivity index is 2.18. The molecule has 4 heteroatoms. The van der Waals surface area contributed by atoms with E-state index in [9.17, 15) is 9.90 Å². The molecule has 2 aromatic carbocycles. The van der Waals surface area contributed by atoms with Crippen molar-refractivity contribution in [3.63, 3.8) is 0 Å². The minimum atomic E-state index is -0.217. The van der Waals surface area contributed by atoms with Gasteiger partial charge in [0, 0.05) is 12.2 Å². The van der Waals surface area contributed by atoms with Gasteiger partial charge in [0.25, 0.3) is 5.91 Å². The van der Waals surface area contributed by atoms with E-state index in [4.69, 9.17) is 4.74 Å². The van der Waals surface area contributed by atoms with Gasteiger partial charge in [-0.25, -0.2) is 0 Å². The first-order valence-corrected chi connectivity index (χ1v) is 7.27. The third kappa shape index (κ3) is 3.86. The summed E-state index contributed by atoms with van der Waals surface area (Å²) < 4.78 is 5.25. The van der Waals surface area contributed by atoms with Crippen LogP contribution >= 0.6 is 0 Å². The molecule has 0 saturated carbocycles. The van der Waals surface area contributed by atoms with E-state index in [1.54, 1.807) is 19.2 Å². The van der Waals surface area contributed by atoms with Crippen molar-refractivity contribution in [2.75, 3.05) is 13.7 Å². The highest BCUT2D eigenvalue weighted by atomic mass is 16.5. The largest absolute Gasteiger partial charge is 0.496 e. The van der Waals surface area contributed by atoms with Gasteiger partial charge in [0.05, 0.1) is 13.2 Å². The Kier molecular flexibility index (Phi) is 5.55. The van der Waals surface area contributed by atoms with Gasteiger partial charge in [-0.1, -0.05) is 36.4 Å². The van der Waals surface area contributed by atoms with Crippen LogP contribution in [0.25, 0.3) is 0 Å². The first kappa shape index (κ1) is 16.0. The molecule has 0 spiro atoms. The molecule has 2 rings (SSSR count). The number of hydrogen-bond acceptors (Lipinski definition) is 3. The summed E-state index contributed by atoms with van der Waals surface area (Å²) in [6, 6.07) is 14.8. The van der Waals surface area contributed by atoms with Crippen LogP contribution in [0.15, 0.2) is 48.5 Å². The summed E-state index contributed by atoms with van der Waals surface area (Å²) >= 11 is 0. The fraction of sp³-hybridized carbons (Fsp3) is 0.278. The van der Waals surface area contributed by atoms with Gasteiger partial charge >= 0.3 is 0 Å². The number of rotatable bonds is 6. The number of aliphatic hydroxyl groups excluding tert-OH is 1. The molecule has 2 N–H and O–H groups in total. The van der Waals surface area contributed by atoms with Gasteiger partial charge in [0.2, 0.25) is 0 Å². The lowest BCUT2D eigenvalue weighted by Gasteiger charge is -2.18. The van der Waals surface area contributed by atoms with Crippen LogP contribution in [0.4, 0.5) is 0 Å². The van der Waals surface area contributed by atoms with E-state index in [1.165, 1.54) is 0 Å². The van der Waals surface area contributed by atoms with Crippen LogP contribution in [-0.2, 0) is 0 Å². The summed E-state index contributed by atoms with van der Waals surface area (Å²) in [6.07, 6.45) is 0.471. The van der Waals surface area contributed by atoms with Gasteiger partial charge in [0.15, 0.2) is 0 Å². The molecule has 1 amide bonds. The molecule has 22 heavy (non-hydrogen) atoms. The zero-order chi connectivity index (χ0) is 15.9. The predicted octanol–water partition coefficient (Wildman–Crippen LogP) is 2.86. The van der Waals surface area contributed by atoms with Crippen LogP contribution in [0.5, 0.6) is 5.75 Å². The van der Waals surface area contributed by atoms with Gasteiger partial charge in [-0.05, 0) is 36.6 Å². The standard InChI is InChI=1S/C18H21NO3/c1-13-8-9-15(12-17(13)22-2)18(21)19-16(10-11-20)14-6-4-3-5-7-14/h3-9,12,16,20H,10-11H2,1-2H3,(H,19,21). The van der Waals surface area contributed by atoms with Gasteiger partial charge < -0.3 is 15.2 Å². The Morgan fingerprint density at radius 2 is 1.95 bits per heavy atom. The smallest absolute Gasteiger partial charge is 0.251 e. The number of benzene rings is 2. The maximum Gasteiger partial charge on any atom is 0.251 e. The quantitative estimate of drug-likeness (QED) is 0.862. The third-order valence-electron chi connectivity index (χ3n) is 3.60. The molecule has 0 saturated heterocycles. The highest BCUT2D eigenvalue weighted by Crippen LogP contribution is 2.21. The summed E-state index contributed by atoms with van der Waals surface area (Å²) in [5.74, 6) is 0.506. The van der Waals surface area contributed by atoms with Crippen molar-refractivity contribution < 1.29 is 14.6 Å². The number of nitrogens with one attached hydrogen (secondary N) is 1. The van der Waals surface area contributed by atoms with E-state index in [2.05, 4.69) is 5.32 Å². The van der Waals surface area contributed by atoms with Gasteiger partial charge in [0.1, 0.15) is 5.75 Å². The van der Waals surface area contributed by atoms with E-state index >= 15 is 0 Å². The summed E-state index contributed by atoms with van der Waals surface area (Å²) in [5, 5.41) is 12.2. The van der Waals surface area contributed by atoms with Crippen molar-refractivity contribution in [1.29, 1.82) is 0 Å². The molecule has 0 radical (unpaired) electrons. The zero-order valence-electron chi connectivity index (χ0n) is 12.9. The van der Waals surface area contributed by atoms with E-state index in [-0.39, 0.29) is 18.6 Å². The van der Waals surface area contributed by atoms with Crippen LogP contribution in [0.1, 0.15) is 33.9 Å². The molecular weight excluding hydrogens is 278 g/mol. The molecule has 0 aliphatic rings. The number of carbonyl (C=O) groups excluding carboxylic acids is 1. The Hall–Kier alpha value is -2.33. The molecule has 1 atom stereocenters. The number of amides is 1. The first-order valence-electron chi connectivity index (χ1n) is 7.27. The van der Waals surface area contributed by atoms with Crippen LogP contribution in [0, 0.1) is 6.92 Å². The molecule has 116 valence electrons. The lowest BCUT2D eigenvalue weighted by atomic mass is 10.0. The summed E-state index contributed by atoms with van der Waals surface area (Å²) in [6.45, 7) is 1.94. The minimum Gasteiger partial charge on any atom is -0.496 e. The van der Waals surface area contributed by atoms with Crippen molar-refractivity contribution in [1.82, 2.24) is 5.32 Å². The number of aryl methyl sites for hydroxylation is 1. The molecular formula is C18H21NO3. The van der Waals surface area contributed by atoms with Crippen molar-refractivity contribution in [2.24, 2.45) is 0 Å². The van der Waals surface area contributed by atoms with Crippen molar-refractivity contribution in [3.8, 4) is 5.75 Å². The molecule has 0 aliphatic heterocycles. The summed E-state index contributed by atoms with van der Waals surface area (Å²) in [5.41, 5.74) is 2.50. The van der Waals surface area contributed by atoms with Crippen LogP contribution in [-0.4, -0.2) is 24.7 Å². The lowest BCUT2D eigenvalue weighted by Crippen LogP contribution is -2.29. The lowest BCUT2D eigenvalue weighted by molar-refractivity contribution is 0.0929. The third-order valence-corrected chi connectivity index (χ3v) is 3.60. The number of methoxy groups -OCH3 is 1. The van der Waals surface area contributed by atoms with Crippen LogP contribution in [0.2, 0.25) is 0 Å². The number of ether oxygens (including phenoxy) is 1. The molecule has 2 aromatic rings. The second kappa shape index (κ2) is 7.61. The van der Waals surface area contributed by atoms with Crippen molar-refractivity contribution >= 4 is 5.91 Å². The van der Waals surface area contributed by atoms with Gasteiger partial charge in [-0.15, -0.1) is 0 Å². The van der Waals surface area contributed by atoms with Crippen molar-refractivity contribution in [2.45, 2.75) is 19.4 Å².